The highest BCUT2D eigenvalue weighted by Crippen LogP contribution is 2.33. The van der Waals surface area contributed by atoms with Gasteiger partial charge in [-0.3, -0.25) is 4.79 Å². The van der Waals surface area contributed by atoms with Crippen molar-refractivity contribution in [1.82, 2.24) is 14.5 Å². The van der Waals surface area contributed by atoms with Crippen LogP contribution in [0.25, 0.3) is 0 Å². The standard InChI is InChI=1S/C13H16N4O2/c1-2-10-7-15-11(19-10)8-16-12-13(18)17(6-5-14-12)9-3-4-9/h5-7,9H,2-4,8H2,1H3,(H,14,16). The van der Waals surface area contributed by atoms with Crippen LogP contribution in [0.15, 0.2) is 27.8 Å². The van der Waals surface area contributed by atoms with Crippen LogP contribution in [0.2, 0.25) is 0 Å². The van der Waals surface area contributed by atoms with E-state index in [2.05, 4.69) is 15.3 Å². The molecule has 1 saturated carbocycles. The second kappa shape index (κ2) is 4.87. The molecule has 1 N–H and O–H groups in total. The van der Waals surface area contributed by atoms with Crippen LogP contribution in [0, 0.1) is 0 Å². The molecule has 19 heavy (non-hydrogen) atoms. The first-order chi connectivity index (χ1) is 9.28. The monoisotopic (exact) mass is 260 g/mol. The number of hydrogen-bond donors (Lipinski definition) is 1. The molecule has 0 atom stereocenters. The van der Waals surface area contributed by atoms with E-state index < -0.39 is 0 Å². The molecule has 0 aromatic carbocycles. The van der Waals surface area contributed by atoms with E-state index in [0.717, 1.165) is 25.0 Å². The minimum Gasteiger partial charge on any atom is -0.444 e. The van der Waals surface area contributed by atoms with Crippen molar-refractivity contribution in [2.75, 3.05) is 5.32 Å². The molecule has 0 radical (unpaired) electrons. The Balaban J connectivity index is 1.72. The summed E-state index contributed by atoms with van der Waals surface area (Å²) < 4.78 is 7.21. The average Bonchev–Trinajstić information content (AvgIpc) is 3.16. The second-order valence-electron chi connectivity index (χ2n) is 4.65. The molecule has 0 amide bonds. The summed E-state index contributed by atoms with van der Waals surface area (Å²) in [6.07, 6.45) is 8.05. The van der Waals surface area contributed by atoms with Gasteiger partial charge in [0.05, 0.1) is 12.7 Å². The first-order valence-electron chi connectivity index (χ1n) is 6.52. The fraction of sp³-hybridized carbons (Fsp3) is 0.462. The first-order valence-corrected chi connectivity index (χ1v) is 6.52. The molecule has 6 nitrogen and oxygen atoms in total. The van der Waals surface area contributed by atoms with Crippen molar-refractivity contribution in [3.05, 3.63) is 40.6 Å². The lowest BCUT2D eigenvalue weighted by Crippen LogP contribution is -2.23. The summed E-state index contributed by atoms with van der Waals surface area (Å²) in [6.45, 7) is 2.38. The Labute approximate surface area is 110 Å². The van der Waals surface area contributed by atoms with Gasteiger partial charge in [0.1, 0.15) is 5.76 Å². The van der Waals surface area contributed by atoms with E-state index in [1.165, 1.54) is 0 Å². The molecule has 0 aliphatic heterocycles. The van der Waals surface area contributed by atoms with Gasteiger partial charge in [-0.15, -0.1) is 0 Å². The van der Waals surface area contributed by atoms with Gasteiger partial charge in [-0.05, 0) is 12.8 Å². The number of nitrogens with zero attached hydrogens (tertiary/aromatic N) is 3. The van der Waals surface area contributed by atoms with E-state index in [0.29, 0.717) is 24.3 Å². The van der Waals surface area contributed by atoms with Crippen LogP contribution in [-0.4, -0.2) is 14.5 Å². The lowest BCUT2D eigenvalue weighted by molar-refractivity contribution is 0.465. The Bertz CT molecular complexity index is 628. The topological polar surface area (TPSA) is 73.0 Å². The van der Waals surface area contributed by atoms with Gasteiger partial charge >= 0.3 is 0 Å². The quantitative estimate of drug-likeness (QED) is 0.886. The summed E-state index contributed by atoms with van der Waals surface area (Å²) in [4.78, 5) is 20.3. The maximum Gasteiger partial charge on any atom is 0.293 e. The van der Waals surface area contributed by atoms with E-state index >= 15 is 0 Å². The highest BCUT2D eigenvalue weighted by atomic mass is 16.4. The molecule has 100 valence electrons. The molecular weight excluding hydrogens is 244 g/mol. The molecule has 1 aliphatic rings. The number of aromatic nitrogens is 3. The molecule has 2 aromatic rings. The molecule has 1 aliphatic carbocycles. The van der Waals surface area contributed by atoms with Crippen molar-refractivity contribution in [1.29, 1.82) is 0 Å². The number of rotatable bonds is 5. The Morgan fingerprint density at radius 2 is 2.32 bits per heavy atom. The highest BCUT2D eigenvalue weighted by molar-refractivity contribution is 5.31. The van der Waals surface area contributed by atoms with Gasteiger partial charge in [-0.1, -0.05) is 6.92 Å². The number of aryl methyl sites for hydroxylation is 1. The summed E-state index contributed by atoms with van der Waals surface area (Å²) in [5.41, 5.74) is -0.0766. The Morgan fingerprint density at radius 1 is 1.47 bits per heavy atom. The van der Waals surface area contributed by atoms with Crippen LogP contribution in [0.5, 0.6) is 0 Å². The number of oxazole rings is 1. The zero-order chi connectivity index (χ0) is 13.2. The van der Waals surface area contributed by atoms with Gasteiger partial charge in [-0.2, -0.15) is 0 Å². The molecule has 0 saturated heterocycles. The Kier molecular flexibility index (Phi) is 3.06. The molecule has 2 heterocycles. The first kappa shape index (κ1) is 12.0. The van der Waals surface area contributed by atoms with Gasteiger partial charge in [0.25, 0.3) is 5.56 Å². The van der Waals surface area contributed by atoms with E-state index in [9.17, 15) is 4.79 Å². The minimum absolute atomic E-state index is 0.0766. The van der Waals surface area contributed by atoms with E-state index in [4.69, 9.17) is 4.42 Å². The average molecular weight is 260 g/mol. The maximum absolute atomic E-state index is 12.1. The zero-order valence-corrected chi connectivity index (χ0v) is 10.8. The number of hydrogen-bond acceptors (Lipinski definition) is 5. The van der Waals surface area contributed by atoms with E-state index in [1.807, 2.05) is 6.92 Å². The van der Waals surface area contributed by atoms with E-state index in [-0.39, 0.29) is 5.56 Å². The SMILES string of the molecule is CCc1cnc(CNc2nccn(C3CC3)c2=O)o1. The van der Waals surface area contributed by atoms with Crippen LogP contribution in [0.4, 0.5) is 5.82 Å². The zero-order valence-electron chi connectivity index (χ0n) is 10.8. The second-order valence-corrected chi connectivity index (χ2v) is 4.65. The summed E-state index contributed by atoms with van der Waals surface area (Å²) >= 11 is 0. The van der Waals surface area contributed by atoms with Gasteiger partial charge in [0.2, 0.25) is 5.89 Å². The minimum atomic E-state index is -0.0766. The number of anilines is 1. The molecule has 0 unspecified atom stereocenters. The third-order valence-electron chi connectivity index (χ3n) is 3.17. The molecule has 1 fully saturated rings. The highest BCUT2D eigenvalue weighted by Gasteiger charge is 2.25. The van der Waals surface area contributed by atoms with Crippen molar-refractivity contribution < 1.29 is 4.42 Å². The van der Waals surface area contributed by atoms with Crippen LogP contribution in [0.1, 0.15) is 37.5 Å². The largest absolute Gasteiger partial charge is 0.444 e. The fourth-order valence-electron chi connectivity index (χ4n) is 1.94. The molecule has 0 bridgehead atoms. The summed E-state index contributed by atoms with van der Waals surface area (Å²) in [6, 6.07) is 0.351. The molecular formula is C13H16N4O2. The van der Waals surface area contributed by atoms with Crippen molar-refractivity contribution >= 4 is 5.82 Å². The van der Waals surface area contributed by atoms with Gasteiger partial charge in [0.15, 0.2) is 5.82 Å². The molecule has 2 aromatic heterocycles. The summed E-state index contributed by atoms with van der Waals surface area (Å²) in [5.74, 6) is 1.76. The third kappa shape index (κ3) is 2.52. The Morgan fingerprint density at radius 3 is 3.00 bits per heavy atom. The van der Waals surface area contributed by atoms with Gasteiger partial charge in [-0.25, -0.2) is 9.97 Å². The number of nitrogens with one attached hydrogen (secondary N) is 1. The maximum atomic E-state index is 12.1. The van der Waals surface area contributed by atoms with Crippen LogP contribution in [-0.2, 0) is 13.0 Å². The lowest BCUT2D eigenvalue weighted by atomic mass is 10.4. The Hall–Kier alpha value is -2.11. The summed E-state index contributed by atoms with van der Waals surface area (Å²) in [7, 11) is 0. The van der Waals surface area contributed by atoms with Gasteiger partial charge < -0.3 is 14.3 Å². The van der Waals surface area contributed by atoms with Crippen LogP contribution < -0.4 is 10.9 Å². The normalized spacial score (nSPS) is 14.6. The third-order valence-corrected chi connectivity index (χ3v) is 3.17. The summed E-state index contributed by atoms with van der Waals surface area (Å²) in [5, 5.41) is 2.99. The molecule has 3 rings (SSSR count). The molecule has 0 spiro atoms. The van der Waals surface area contributed by atoms with Crippen molar-refractivity contribution in [3.63, 3.8) is 0 Å². The molecule has 6 heteroatoms. The van der Waals surface area contributed by atoms with Gasteiger partial charge in [0, 0.05) is 24.9 Å². The van der Waals surface area contributed by atoms with E-state index in [1.54, 1.807) is 23.2 Å². The van der Waals surface area contributed by atoms with Crippen LogP contribution >= 0.6 is 0 Å². The fourth-order valence-corrected chi connectivity index (χ4v) is 1.94. The smallest absolute Gasteiger partial charge is 0.293 e. The van der Waals surface area contributed by atoms with Crippen molar-refractivity contribution in [2.45, 2.75) is 38.8 Å². The van der Waals surface area contributed by atoms with Crippen molar-refractivity contribution in [2.24, 2.45) is 0 Å². The lowest BCUT2D eigenvalue weighted by Gasteiger charge is -2.06. The predicted molar refractivity (Wildman–Crippen MR) is 70.0 cm³/mol. The van der Waals surface area contributed by atoms with Crippen molar-refractivity contribution in [3.8, 4) is 0 Å². The predicted octanol–water partition coefficient (Wildman–Crippen LogP) is 1.74. The van der Waals surface area contributed by atoms with Crippen LogP contribution in [0.3, 0.4) is 0 Å².